The SMILES string of the molecule is CCOC1CC(N=C(N)Nc2ccccc2COC)C12CCC2.I. The van der Waals surface area contributed by atoms with Crippen LogP contribution >= 0.6 is 24.0 Å². The van der Waals surface area contributed by atoms with Crippen LogP contribution in [-0.2, 0) is 16.1 Å². The Balaban J connectivity index is 0.00000208. The Morgan fingerprint density at radius 2 is 2.12 bits per heavy atom. The molecule has 0 bridgehead atoms. The summed E-state index contributed by atoms with van der Waals surface area (Å²) in [7, 11) is 1.69. The molecule has 0 amide bonds. The number of para-hydroxylation sites is 1. The molecule has 1 spiro atoms. The Hall–Kier alpha value is -0.860. The Kier molecular flexibility index (Phi) is 6.88. The zero-order chi connectivity index (χ0) is 16.3. The Morgan fingerprint density at radius 3 is 2.75 bits per heavy atom. The summed E-state index contributed by atoms with van der Waals surface area (Å²) >= 11 is 0. The van der Waals surface area contributed by atoms with Gasteiger partial charge in [-0.15, -0.1) is 24.0 Å². The lowest BCUT2D eigenvalue weighted by Gasteiger charge is -2.59. The first-order chi connectivity index (χ1) is 11.2. The molecule has 2 aliphatic carbocycles. The molecular weight excluding hydrogens is 417 g/mol. The minimum absolute atomic E-state index is 0. The summed E-state index contributed by atoms with van der Waals surface area (Å²) in [6.07, 6.45) is 5.04. The first-order valence-corrected chi connectivity index (χ1v) is 8.48. The van der Waals surface area contributed by atoms with Gasteiger partial charge >= 0.3 is 0 Å². The van der Waals surface area contributed by atoms with Crippen LogP contribution in [0.25, 0.3) is 0 Å². The van der Waals surface area contributed by atoms with Crippen LogP contribution in [0.1, 0.15) is 38.2 Å². The van der Waals surface area contributed by atoms with E-state index in [4.69, 9.17) is 20.2 Å². The highest BCUT2D eigenvalue weighted by molar-refractivity contribution is 14.0. The molecule has 0 aromatic heterocycles. The lowest BCUT2D eigenvalue weighted by molar-refractivity contribution is -0.162. The number of halogens is 1. The molecule has 2 aliphatic rings. The molecule has 0 aliphatic heterocycles. The number of nitrogens with two attached hydrogens (primary N) is 1. The van der Waals surface area contributed by atoms with Crippen molar-refractivity contribution < 1.29 is 9.47 Å². The number of rotatable bonds is 6. The van der Waals surface area contributed by atoms with Crippen molar-refractivity contribution >= 4 is 35.6 Å². The van der Waals surface area contributed by atoms with Crippen LogP contribution in [0.15, 0.2) is 29.3 Å². The molecule has 0 radical (unpaired) electrons. The summed E-state index contributed by atoms with van der Waals surface area (Å²) in [5, 5.41) is 3.23. The number of nitrogens with zero attached hydrogens (tertiary/aromatic N) is 1. The predicted octanol–water partition coefficient (Wildman–Crippen LogP) is 3.53. The third-order valence-electron chi connectivity index (χ3n) is 5.27. The summed E-state index contributed by atoms with van der Waals surface area (Å²) in [5.41, 5.74) is 8.44. The van der Waals surface area contributed by atoms with E-state index in [2.05, 4.69) is 12.2 Å². The lowest BCUT2D eigenvalue weighted by atomic mass is 9.51. The number of guanidine groups is 1. The monoisotopic (exact) mass is 445 g/mol. The number of anilines is 1. The predicted molar refractivity (Wildman–Crippen MR) is 108 cm³/mol. The van der Waals surface area contributed by atoms with Crippen molar-refractivity contribution in [3.63, 3.8) is 0 Å². The highest BCUT2D eigenvalue weighted by Crippen LogP contribution is 2.58. The Morgan fingerprint density at radius 1 is 1.38 bits per heavy atom. The van der Waals surface area contributed by atoms with Gasteiger partial charge in [0, 0.05) is 30.4 Å². The summed E-state index contributed by atoms with van der Waals surface area (Å²) in [6.45, 7) is 3.39. The Bertz CT molecular complexity index is 575. The second kappa shape index (κ2) is 8.49. The number of nitrogens with one attached hydrogen (secondary N) is 1. The maximum absolute atomic E-state index is 6.16. The van der Waals surface area contributed by atoms with Gasteiger partial charge in [-0.2, -0.15) is 0 Å². The lowest BCUT2D eigenvalue weighted by Crippen LogP contribution is -2.61. The van der Waals surface area contributed by atoms with Gasteiger partial charge in [-0.05, 0) is 32.3 Å². The summed E-state index contributed by atoms with van der Waals surface area (Å²) in [6, 6.07) is 8.29. The van der Waals surface area contributed by atoms with Crippen LogP contribution in [0.3, 0.4) is 0 Å². The number of ether oxygens (including phenoxy) is 2. The smallest absolute Gasteiger partial charge is 0.193 e. The van der Waals surface area contributed by atoms with Crippen molar-refractivity contribution in [2.24, 2.45) is 16.1 Å². The van der Waals surface area contributed by atoms with Gasteiger partial charge in [-0.1, -0.05) is 24.6 Å². The van der Waals surface area contributed by atoms with Crippen molar-refractivity contribution in [2.45, 2.75) is 51.4 Å². The standard InChI is InChI=1S/C18H27N3O2.HI/c1-3-23-16-11-15(18(16)9-6-10-18)21-17(19)20-14-8-5-4-7-13(14)12-22-2;/h4-5,7-8,15-16H,3,6,9-12H2,1-2H3,(H3,19,20,21);1H. The van der Waals surface area contributed by atoms with Crippen molar-refractivity contribution in [1.82, 2.24) is 0 Å². The van der Waals surface area contributed by atoms with Gasteiger partial charge in [0.05, 0.1) is 18.8 Å². The third-order valence-corrected chi connectivity index (χ3v) is 5.27. The molecule has 0 saturated heterocycles. The van der Waals surface area contributed by atoms with Crippen LogP contribution in [0.4, 0.5) is 5.69 Å². The molecule has 6 heteroatoms. The summed E-state index contributed by atoms with van der Waals surface area (Å²) in [4.78, 5) is 4.75. The molecule has 1 aromatic rings. The fraction of sp³-hybridized carbons (Fsp3) is 0.611. The minimum atomic E-state index is 0. The highest BCUT2D eigenvalue weighted by Gasteiger charge is 2.59. The fourth-order valence-electron chi connectivity index (χ4n) is 3.84. The molecule has 2 unspecified atom stereocenters. The molecule has 3 rings (SSSR count). The number of hydrogen-bond acceptors (Lipinski definition) is 3. The van der Waals surface area contributed by atoms with Crippen molar-refractivity contribution in [3.05, 3.63) is 29.8 Å². The second-order valence-corrected chi connectivity index (χ2v) is 6.51. The molecular formula is C18H28IN3O2. The molecule has 2 fully saturated rings. The molecule has 5 nitrogen and oxygen atoms in total. The molecule has 1 aromatic carbocycles. The van der Waals surface area contributed by atoms with E-state index < -0.39 is 0 Å². The minimum Gasteiger partial charge on any atom is -0.380 e. The third kappa shape index (κ3) is 3.70. The van der Waals surface area contributed by atoms with E-state index in [1.54, 1.807) is 7.11 Å². The van der Waals surface area contributed by atoms with E-state index >= 15 is 0 Å². The molecule has 24 heavy (non-hydrogen) atoms. The highest BCUT2D eigenvalue weighted by atomic mass is 127. The summed E-state index contributed by atoms with van der Waals surface area (Å²) in [5.74, 6) is 0.486. The maximum Gasteiger partial charge on any atom is 0.193 e. The normalized spacial score (nSPS) is 24.7. The van der Waals surface area contributed by atoms with E-state index in [0.29, 0.717) is 18.7 Å². The average molecular weight is 445 g/mol. The van der Waals surface area contributed by atoms with E-state index in [1.807, 2.05) is 24.3 Å². The number of aliphatic imine (C=N–C) groups is 1. The van der Waals surface area contributed by atoms with E-state index in [0.717, 1.165) is 24.3 Å². The first kappa shape index (κ1) is 19.5. The van der Waals surface area contributed by atoms with Crippen LogP contribution in [-0.4, -0.2) is 31.8 Å². The van der Waals surface area contributed by atoms with Crippen LogP contribution < -0.4 is 11.1 Å². The van der Waals surface area contributed by atoms with Gasteiger partial charge < -0.3 is 20.5 Å². The second-order valence-electron chi connectivity index (χ2n) is 6.51. The largest absolute Gasteiger partial charge is 0.380 e. The maximum atomic E-state index is 6.16. The quantitative estimate of drug-likeness (QED) is 0.400. The number of hydrogen-bond donors (Lipinski definition) is 2. The average Bonchev–Trinajstić information content (AvgIpc) is 2.46. The van der Waals surface area contributed by atoms with E-state index in [9.17, 15) is 0 Å². The van der Waals surface area contributed by atoms with Gasteiger partial charge in [0.15, 0.2) is 5.96 Å². The zero-order valence-electron chi connectivity index (χ0n) is 14.5. The zero-order valence-corrected chi connectivity index (χ0v) is 16.8. The van der Waals surface area contributed by atoms with Gasteiger partial charge in [0.2, 0.25) is 0 Å². The van der Waals surface area contributed by atoms with Crippen molar-refractivity contribution in [3.8, 4) is 0 Å². The number of methoxy groups -OCH3 is 1. The number of benzene rings is 1. The van der Waals surface area contributed by atoms with Gasteiger partial charge in [-0.25, -0.2) is 4.99 Å². The van der Waals surface area contributed by atoms with Crippen LogP contribution in [0.2, 0.25) is 0 Å². The van der Waals surface area contributed by atoms with E-state index in [1.165, 1.54) is 19.3 Å². The molecule has 2 saturated carbocycles. The van der Waals surface area contributed by atoms with Gasteiger partial charge in [0.25, 0.3) is 0 Å². The Labute approximate surface area is 161 Å². The van der Waals surface area contributed by atoms with Gasteiger partial charge in [-0.3, -0.25) is 0 Å². The van der Waals surface area contributed by atoms with E-state index in [-0.39, 0.29) is 35.4 Å². The fourth-order valence-corrected chi connectivity index (χ4v) is 3.84. The van der Waals surface area contributed by atoms with Crippen LogP contribution in [0, 0.1) is 5.41 Å². The van der Waals surface area contributed by atoms with Crippen molar-refractivity contribution in [1.29, 1.82) is 0 Å². The first-order valence-electron chi connectivity index (χ1n) is 8.48. The summed E-state index contributed by atoms with van der Waals surface area (Å²) < 4.78 is 11.1. The molecule has 134 valence electrons. The molecule has 0 heterocycles. The topological polar surface area (TPSA) is 68.9 Å². The van der Waals surface area contributed by atoms with Crippen molar-refractivity contribution in [2.75, 3.05) is 19.0 Å². The molecule has 3 N–H and O–H groups in total. The van der Waals surface area contributed by atoms with Gasteiger partial charge in [0.1, 0.15) is 0 Å². The molecule has 2 atom stereocenters. The van der Waals surface area contributed by atoms with Crippen LogP contribution in [0.5, 0.6) is 0 Å².